The number of hydrogen-bond donors (Lipinski definition) is 1. The van der Waals surface area contributed by atoms with Crippen LogP contribution in [0.2, 0.25) is 0 Å². The number of rotatable bonds is 3. The Bertz CT molecular complexity index is 529. The number of aliphatic carboxylic acids is 1. The molecule has 0 aromatic heterocycles. The van der Waals surface area contributed by atoms with Crippen LogP contribution in [0.1, 0.15) is 18.9 Å². The SMILES string of the molecule is Cc1ccc([N+](=O)[O-])cc1N1CCC(C(=O)O)C1C. The van der Waals surface area contributed by atoms with Gasteiger partial charge in [0.2, 0.25) is 0 Å². The van der Waals surface area contributed by atoms with Gasteiger partial charge < -0.3 is 10.0 Å². The van der Waals surface area contributed by atoms with E-state index in [0.717, 1.165) is 11.3 Å². The van der Waals surface area contributed by atoms with Crippen molar-refractivity contribution in [1.82, 2.24) is 0 Å². The molecule has 0 saturated carbocycles. The molecule has 1 aliphatic rings. The van der Waals surface area contributed by atoms with Crippen molar-refractivity contribution in [2.75, 3.05) is 11.4 Å². The molecular weight excluding hydrogens is 248 g/mol. The molecule has 0 amide bonds. The van der Waals surface area contributed by atoms with Gasteiger partial charge in [-0.2, -0.15) is 0 Å². The highest BCUT2D eigenvalue weighted by Crippen LogP contribution is 2.34. The van der Waals surface area contributed by atoms with Crippen LogP contribution in [0.5, 0.6) is 0 Å². The van der Waals surface area contributed by atoms with Gasteiger partial charge in [-0.3, -0.25) is 14.9 Å². The summed E-state index contributed by atoms with van der Waals surface area (Å²) >= 11 is 0. The number of nitrogens with zero attached hydrogens (tertiary/aromatic N) is 2. The van der Waals surface area contributed by atoms with Gasteiger partial charge in [-0.25, -0.2) is 0 Å². The number of carbonyl (C=O) groups is 1. The molecule has 19 heavy (non-hydrogen) atoms. The first-order valence-electron chi connectivity index (χ1n) is 6.16. The van der Waals surface area contributed by atoms with E-state index in [1.165, 1.54) is 12.1 Å². The van der Waals surface area contributed by atoms with Crippen LogP contribution in [-0.4, -0.2) is 28.6 Å². The maximum Gasteiger partial charge on any atom is 0.308 e. The quantitative estimate of drug-likeness (QED) is 0.668. The van der Waals surface area contributed by atoms with Crippen molar-refractivity contribution in [3.63, 3.8) is 0 Å². The zero-order chi connectivity index (χ0) is 14.2. The van der Waals surface area contributed by atoms with Crippen molar-refractivity contribution in [2.45, 2.75) is 26.3 Å². The Kier molecular flexibility index (Phi) is 3.42. The maximum absolute atomic E-state index is 11.1. The fraction of sp³-hybridized carbons (Fsp3) is 0.462. The lowest BCUT2D eigenvalue weighted by Crippen LogP contribution is -2.33. The third-order valence-corrected chi connectivity index (χ3v) is 3.79. The molecule has 1 N–H and O–H groups in total. The van der Waals surface area contributed by atoms with Gasteiger partial charge in [0, 0.05) is 30.4 Å². The molecular formula is C13H16N2O4. The molecule has 0 radical (unpaired) electrons. The van der Waals surface area contributed by atoms with E-state index in [0.29, 0.717) is 13.0 Å². The van der Waals surface area contributed by atoms with Gasteiger partial charge in [0.05, 0.1) is 10.8 Å². The Hall–Kier alpha value is -2.11. The minimum Gasteiger partial charge on any atom is -0.481 e. The van der Waals surface area contributed by atoms with Crippen molar-refractivity contribution in [3.05, 3.63) is 33.9 Å². The van der Waals surface area contributed by atoms with Gasteiger partial charge in [0.15, 0.2) is 0 Å². The molecule has 2 rings (SSSR count). The number of non-ortho nitro benzene ring substituents is 1. The molecule has 1 saturated heterocycles. The second-order valence-corrected chi connectivity index (χ2v) is 4.90. The van der Waals surface area contributed by atoms with Gasteiger partial charge in [0.25, 0.3) is 5.69 Å². The van der Waals surface area contributed by atoms with Crippen LogP contribution in [0.15, 0.2) is 18.2 Å². The fourth-order valence-electron chi connectivity index (χ4n) is 2.63. The summed E-state index contributed by atoms with van der Waals surface area (Å²) < 4.78 is 0. The lowest BCUT2D eigenvalue weighted by molar-refractivity contribution is -0.384. The highest BCUT2D eigenvalue weighted by molar-refractivity contribution is 5.73. The largest absolute Gasteiger partial charge is 0.481 e. The summed E-state index contributed by atoms with van der Waals surface area (Å²) in [5.74, 6) is -1.23. The average Bonchev–Trinajstić information content (AvgIpc) is 2.71. The lowest BCUT2D eigenvalue weighted by atomic mass is 10.0. The fourth-order valence-corrected chi connectivity index (χ4v) is 2.63. The third-order valence-electron chi connectivity index (χ3n) is 3.79. The molecule has 6 nitrogen and oxygen atoms in total. The predicted molar refractivity (Wildman–Crippen MR) is 70.4 cm³/mol. The molecule has 102 valence electrons. The predicted octanol–water partition coefficient (Wildman–Crippen LogP) is 2.20. The standard InChI is InChI=1S/C13H16N2O4/c1-8-3-4-10(15(18)19)7-12(8)14-6-5-11(9(14)2)13(16)17/h3-4,7,9,11H,5-6H2,1-2H3,(H,16,17). The van der Waals surface area contributed by atoms with Crippen LogP contribution in [0.3, 0.4) is 0 Å². The monoisotopic (exact) mass is 264 g/mol. The number of carboxylic acid groups (broad SMARTS) is 1. The molecule has 1 heterocycles. The minimum atomic E-state index is -0.807. The summed E-state index contributed by atoms with van der Waals surface area (Å²) in [5, 5.41) is 20.0. The van der Waals surface area contributed by atoms with Crippen molar-refractivity contribution in [1.29, 1.82) is 0 Å². The second-order valence-electron chi connectivity index (χ2n) is 4.90. The zero-order valence-corrected chi connectivity index (χ0v) is 10.9. The maximum atomic E-state index is 11.1. The summed E-state index contributed by atoms with van der Waals surface area (Å²) in [5.41, 5.74) is 1.71. The highest BCUT2D eigenvalue weighted by Gasteiger charge is 2.36. The van der Waals surface area contributed by atoms with Crippen LogP contribution < -0.4 is 4.90 Å². The molecule has 2 unspecified atom stereocenters. The van der Waals surface area contributed by atoms with E-state index in [-0.39, 0.29) is 11.7 Å². The number of anilines is 1. The Morgan fingerprint density at radius 2 is 2.21 bits per heavy atom. The Morgan fingerprint density at radius 1 is 1.53 bits per heavy atom. The molecule has 0 aliphatic carbocycles. The smallest absolute Gasteiger partial charge is 0.308 e. The molecule has 6 heteroatoms. The lowest BCUT2D eigenvalue weighted by Gasteiger charge is -2.26. The van der Waals surface area contributed by atoms with Crippen LogP contribution in [0.4, 0.5) is 11.4 Å². The van der Waals surface area contributed by atoms with Gasteiger partial charge in [-0.05, 0) is 25.8 Å². The van der Waals surface area contributed by atoms with Crippen molar-refractivity contribution >= 4 is 17.3 Å². The zero-order valence-electron chi connectivity index (χ0n) is 10.9. The van der Waals surface area contributed by atoms with E-state index >= 15 is 0 Å². The molecule has 2 atom stereocenters. The number of carboxylic acids is 1. The minimum absolute atomic E-state index is 0.0339. The van der Waals surface area contributed by atoms with E-state index in [9.17, 15) is 14.9 Å². The molecule has 1 aliphatic heterocycles. The average molecular weight is 264 g/mol. The summed E-state index contributed by atoms with van der Waals surface area (Å²) in [6, 6.07) is 4.54. The molecule has 1 fully saturated rings. The normalized spacial score (nSPS) is 22.5. The first-order valence-corrected chi connectivity index (χ1v) is 6.16. The topological polar surface area (TPSA) is 83.7 Å². The second kappa shape index (κ2) is 4.87. The number of aryl methyl sites for hydroxylation is 1. The number of nitro benzene ring substituents is 1. The third kappa shape index (κ3) is 2.38. The number of hydrogen-bond acceptors (Lipinski definition) is 4. The van der Waals surface area contributed by atoms with Gasteiger partial charge in [-0.1, -0.05) is 6.07 Å². The summed E-state index contributed by atoms with van der Waals surface area (Å²) in [4.78, 5) is 23.5. The Labute approximate surface area is 110 Å². The van der Waals surface area contributed by atoms with Gasteiger partial charge in [0.1, 0.15) is 0 Å². The van der Waals surface area contributed by atoms with Crippen molar-refractivity contribution in [3.8, 4) is 0 Å². The van der Waals surface area contributed by atoms with E-state index in [2.05, 4.69) is 0 Å². The van der Waals surface area contributed by atoms with Crippen LogP contribution >= 0.6 is 0 Å². The molecule has 1 aromatic rings. The summed E-state index contributed by atoms with van der Waals surface area (Å²) in [6.07, 6.45) is 0.568. The number of nitro groups is 1. The van der Waals surface area contributed by atoms with Crippen LogP contribution in [-0.2, 0) is 4.79 Å². The van der Waals surface area contributed by atoms with Crippen molar-refractivity contribution in [2.24, 2.45) is 5.92 Å². The highest BCUT2D eigenvalue weighted by atomic mass is 16.6. The van der Waals surface area contributed by atoms with Gasteiger partial charge in [-0.15, -0.1) is 0 Å². The first kappa shape index (κ1) is 13.3. The van der Waals surface area contributed by atoms with Gasteiger partial charge >= 0.3 is 5.97 Å². The summed E-state index contributed by atoms with van der Waals surface area (Å²) in [7, 11) is 0. The van der Waals surface area contributed by atoms with Crippen molar-refractivity contribution < 1.29 is 14.8 Å². The van der Waals surface area contributed by atoms with E-state index < -0.39 is 16.8 Å². The molecule has 0 bridgehead atoms. The Balaban J connectivity index is 2.35. The van der Waals surface area contributed by atoms with Crippen LogP contribution in [0.25, 0.3) is 0 Å². The van der Waals surface area contributed by atoms with E-state index in [1.807, 2.05) is 18.7 Å². The van der Waals surface area contributed by atoms with Crippen LogP contribution in [0, 0.1) is 23.0 Å². The molecule has 1 aromatic carbocycles. The summed E-state index contributed by atoms with van der Waals surface area (Å²) in [6.45, 7) is 4.34. The molecule has 0 spiro atoms. The number of benzene rings is 1. The van der Waals surface area contributed by atoms with E-state index in [4.69, 9.17) is 5.11 Å². The van der Waals surface area contributed by atoms with E-state index in [1.54, 1.807) is 6.07 Å². The first-order chi connectivity index (χ1) is 8.91. The Morgan fingerprint density at radius 3 is 2.74 bits per heavy atom.